The number of carbonyl (C=O) groups is 1. The first-order valence-corrected chi connectivity index (χ1v) is 8.74. The van der Waals surface area contributed by atoms with Crippen LogP contribution in [0.2, 0.25) is 10.0 Å². The zero-order chi connectivity index (χ0) is 17.2. The first-order chi connectivity index (χ1) is 11.0. The number of rotatable bonds is 11. The summed E-state index contributed by atoms with van der Waals surface area (Å²) in [6.45, 7) is 6.47. The zero-order valence-electron chi connectivity index (χ0n) is 13.5. The molecular formula is C18H25Cl2NO2. The molecule has 2 atom stereocenters. The molecule has 0 bridgehead atoms. The molecule has 1 aromatic rings. The molecule has 0 spiro atoms. The summed E-state index contributed by atoms with van der Waals surface area (Å²) in [6.07, 6.45) is 5.87. The van der Waals surface area contributed by atoms with Crippen LogP contribution in [0.3, 0.4) is 0 Å². The Labute approximate surface area is 148 Å². The zero-order valence-corrected chi connectivity index (χ0v) is 15.0. The Kier molecular flexibility index (Phi) is 9.30. The van der Waals surface area contributed by atoms with Crippen LogP contribution in [0, 0.1) is 0 Å². The molecule has 0 aromatic heterocycles. The van der Waals surface area contributed by atoms with Crippen molar-refractivity contribution in [2.75, 3.05) is 6.54 Å². The van der Waals surface area contributed by atoms with Gasteiger partial charge in [-0.15, -0.1) is 6.58 Å². The van der Waals surface area contributed by atoms with Gasteiger partial charge < -0.3 is 10.4 Å². The highest BCUT2D eigenvalue weighted by Gasteiger charge is 2.18. The summed E-state index contributed by atoms with van der Waals surface area (Å²) >= 11 is 12.1. The maximum Gasteiger partial charge on any atom is 0.304 e. The maximum absolute atomic E-state index is 10.7. The average molecular weight is 358 g/mol. The van der Waals surface area contributed by atoms with E-state index in [2.05, 4.69) is 18.8 Å². The summed E-state index contributed by atoms with van der Waals surface area (Å²) in [4.78, 5) is 10.7. The fourth-order valence-corrected chi connectivity index (χ4v) is 3.02. The highest BCUT2D eigenvalue weighted by Crippen LogP contribution is 2.31. The average Bonchev–Trinajstić information content (AvgIpc) is 2.49. The van der Waals surface area contributed by atoms with Gasteiger partial charge in [-0.3, -0.25) is 4.79 Å². The van der Waals surface area contributed by atoms with E-state index in [0.717, 1.165) is 31.2 Å². The third-order valence-corrected chi connectivity index (χ3v) is 4.58. The molecule has 0 aliphatic carbocycles. The minimum Gasteiger partial charge on any atom is -0.481 e. The Morgan fingerprint density at radius 3 is 2.70 bits per heavy atom. The van der Waals surface area contributed by atoms with Crippen molar-refractivity contribution in [2.45, 2.75) is 51.0 Å². The highest BCUT2D eigenvalue weighted by molar-refractivity contribution is 6.42. The van der Waals surface area contributed by atoms with E-state index < -0.39 is 5.97 Å². The number of carboxylic acids is 1. The van der Waals surface area contributed by atoms with Crippen molar-refractivity contribution < 1.29 is 9.90 Å². The Balaban J connectivity index is 2.78. The third kappa shape index (κ3) is 7.38. The van der Waals surface area contributed by atoms with Gasteiger partial charge in [0.2, 0.25) is 0 Å². The fraction of sp³-hybridized carbons (Fsp3) is 0.500. The summed E-state index contributed by atoms with van der Waals surface area (Å²) in [6, 6.07) is 6.02. The summed E-state index contributed by atoms with van der Waals surface area (Å²) in [7, 11) is 0. The molecule has 128 valence electrons. The normalized spacial score (nSPS) is 13.5. The summed E-state index contributed by atoms with van der Waals surface area (Å²) in [5.74, 6) is -0.490. The lowest BCUT2D eigenvalue weighted by molar-refractivity contribution is -0.136. The van der Waals surface area contributed by atoms with Gasteiger partial charge in [-0.1, -0.05) is 48.7 Å². The van der Waals surface area contributed by atoms with Gasteiger partial charge in [-0.2, -0.15) is 0 Å². The Bertz CT molecular complexity index is 520. The second kappa shape index (κ2) is 10.7. The van der Waals surface area contributed by atoms with Crippen LogP contribution in [0.25, 0.3) is 0 Å². The van der Waals surface area contributed by atoms with Crippen molar-refractivity contribution in [3.8, 4) is 0 Å². The van der Waals surface area contributed by atoms with E-state index in [-0.39, 0.29) is 18.4 Å². The molecule has 0 aliphatic heterocycles. The lowest BCUT2D eigenvalue weighted by atomic mass is 9.88. The lowest BCUT2D eigenvalue weighted by Crippen LogP contribution is -2.32. The van der Waals surface area contributed by atoms with Crippen LogP contribution in [-0.4, -0.2) is 23.7 Å². The fourth-order valence-electron chi connectivity index (χ4n) is 2.71. The second-order valence-corrected chi connectivity index (χ2v) is 6.53. The van der Waals surface area contributed by atoms with Crippen molar-refractivity contribution >= 4 is 29.2 Å². The van der Waals surface area contributed by atoms with Crippen LogP contribution < -0.4 is 5.32 Å². The largest absolute Gasteiger partial charge is 0.481 e. The molecule has 23 heavy (non-hydrogen) atoms. The van der Waals surface area contributed by atoms with Gasteiger partial charge in [0.1, 0.15) is 0 Å². The van der Waals surface area contributed by atoms with Crippen LogP contribution >= 0.6 is 23.2 Å². The van der Waals surface area contributed by atoms with Crippen LogP contribution in [0.4, 0.5) is 0 Å². The molecule has 0 heterocycles. The number of halogens is 2. The topological polar surface area (TPSA) is 49.3 Å². The van der Waals surface area contributed by atoms with E-state index in [1.165, 1.54) is 0 Å². The van der Waals surface area contributed by atoms with E-state index in [1.807, 2.05) is 24.3 Å². The molecule has 0 aliphatic rings. The standard InChI is InChI=1S/C18H25Cl2NO2/c1-3-5-13(14-7-8-16(19)17(20)12-14)11-15(6-4-2)21-10-9-18(22)23/h3,7-8,12-13,15,21H,1,4-6,9-11H2,2H3,(H,22,23). The lowest BCUT2D eigenvalue weighted by Gasteiger charge is -2.24. The number of benzene rings is 1. The quantitative estimate of drug-likeness (QED) is 0.530. The molecule has 0 radical (unpaired) electrons. The number of aliphatic carboxylic acids is 1. The predicted octanol–water partition coefficient (Wildman–Crippen LogP) is 5.28. The van der Waals surface area contributed by atoms with Crippen LogP contribution in [0.15, 0.2) is 30.9 Å². The van der Waals surface area contributed by atoms with Crippen molar-refractivity contribution in [1.82, 2.24) is 5.32 Å². The van der Waals surface area contributed by atoms with E-state index in [4.69, 9.17) is 28.3 Å². The molecule has 0 saturated carbocycles. The second-order valence-electron chi connectivity index (χ2n) is 5.71. The van der Waals surface area contributed by atoms with Gasteiger partial charge in [-0.05, 0) is 42.9 Å². The minimum absolute atomic E-state index is 0.138. The Morgan fingerprint density at radius 2 is 2.13 bits per heavy atom. The van der Waals surface area contributed by atoms with Crippen molar-refractivity contribution in [2.24, 2.45) is 0 Å². The third-order valence-electron chi connectivity index (χ3n) is 3.84. The van der Waals surface area contributed by atoms with Gasteiger partial charge in [0, 0.05) is 12.6 Å². The SMILES string of the molecule is C=CCC(CC(CCC)NCCC(=O)O)c1ccc(Cl)c(Cl)c1. The molecular weight excluding hydrogens is 333 g/mol. The first-order valence-electron chi connectivity index (χ1n) is 7.98. The van der Waals surface area contributed by atoms with Gasteiger partial charge in [0.15, 0.2) is 0 Å². The summed E-state index contributed by atoms with van der Waals surface area (Å²) in [5.41, 5.74) is 1.14. The first kappa shape index (κ1) is 20.0. The van der Waals surface area contributed by atoms with E-state index >= 15 is 0 Å². The van der Waals surface area contributed by atoms with E-state index in [0.29, 0.717) is 16.6 Å². The molecule has 1 rings (SSSR count). The number of nitrogens with one attached hydrogen (secondary N) is 1. The molecule has 0 amide bonds. The summed E-state index contributed by atoms with van der Waals surface area (Å²) < 4.78 is 0. The molecule has 5 heteroatoms. The van der Waals surface area contributed by atoms with Crippen LogP contribution in [-0.2, 0) is 4.79 Å². The minimum atomic E-state index is -0.778. The highest BCUT2D eigenvalue weighted by atomic mass is 35.5. The Hall–Kier alpha value is -1.03. The van der Waals surface area contributed by atoms with E-state index in [1.54, 1.807) is 0 Å². The molecule has 0 fully saturated rings. The molecule has 0 saturated heterocycles. The maximum atomic E-state index is 10.7. The van der Waals surface area contributed by atoms with Crippen LogP contribution in [0.1, 0.15) is 50.5 Å². The van der Waals surface area contributed by atoms with Gasteiger partial charge in [0.25, 0.3) is 0 Å². The molecule has 1 aromatic carbocycles. The van der Waals surface area contributed by atoms with Gasteiger partial charge in [0.05, 0.1) is 16.5 Å². The molecule has 2 N–H and O–H groups in total. The van der Waals surface area contributed by atoms with E-state index in [9.17, 15) is 4.79 Å². The predicted molar refractivity (Wildman–Crippen MR) is 97.6 cm³/mol. The number of hydrogen-bond donors (Lipinski definition) is 2. The van der Waals surface area contributed by atoms with Crippen molar-refractivity contribution in [1.29, 1.82) is 0 Å². The molecule has 2 unspecified atom stereocenters. The Morgan fingerprint density at radius 1 is 1.39 bits per heavy atom. The van der Waals surface area contributed by atoms with Crippen molar-refractivity contribution in [3.05, 3.63) is 46.5 Å². The number of allylic oxidation sites excluding steroid dienone is 1. The van der Waals surface area contributed by atoms with Gasteiger partial charge >= 0.3 is 5.97 Å². The summed E-state index contributed by atoms with van der Waals surface area (Å²) in [5, 5.41) is 13.3. The van der Waals surface area contributed by atoms with Crippen LogP contribution in [0.5, 0.6) is 0 Å². The number of carboxylic acid groups (broad SMARTS) is 1. The number of hydrogen-bond acceptors (Lipinski definition) is 2. The van der Waals surface area contributed by atoms with Crippen molar-refractivity contribution in [3.63, 3.8) is 0 Å². The molecule has 3 nitrogen and oxygen atoms in total. The van der Waals surface area contributed by atoms with Gasteiger partial charge in [-0.25, -0.2) is 0 Å². The smallest absolute Gasteiger partial charge is 0.304 e. The monoisotopic (exact) mass is 357 g/mol.